The van der Waals surface area contributed by atoms with Crippen LogP contribution in [-0.4, -0.2) is 76.7 Å². The van der Waals surface area contributed by atoms with Crippen molar-refractivity contribution in [3.05, 3.63) is 59.3 Å². The number of aryl methyl sites for hydroxylation is 1. The number of aromatic nitrogens is 1. The molecule has 0 saturated carbocycles. The van der Waals surface area contributed by atoms with Crippen LogP contribution in [0.5, 0.6) is 11.5 Å². The average Bonchev–Trinajstić information content (AvgIpc) is 3.51. The zero-order chi connectivity index (χ0) is 39.6. The van der Waals surface area contributed by atoms with Gasteiger partial charge in [0.1, 0.15) is 35.3 Å². The second kappa shape index (κ2) is 22.6. The number of aromatic hydroxyl groups is 1. The molecule has 0 aliphatic heterocycles. The van der Waals surface area contributed by atoms with Gasteiger partial charge in [0, 0.05) is 17.3 Å². The summed E-state index contributed by atoms with van der Waals surface area (Å²) < 4.78 is 6.05. The molecule has 0 radical (unpaired) electrons. The summed E-state index contributed by atoms with van der Waals surface area (Å²) in [6, 6.07) is 8.73. The van der Waals surface area contributed by atoms with E-state index in [1.165, 1.54) is 12.1 Å². The maximum atomic E-state index is 14.3. The van der Waals surface area contributed by atoms with Crippen molar-refractivity contribution in [3.8, 4) is 11.5 Å². The topological polar surface area (TPSA) is 222 Å². The van der Waals surface area contributed by atoms with E-state index in [2.05, 4.69) is 20.9 Å². The van der Waals surface area contributed by atoms with E-state index in [0.29, 0.717) is 49.5 Å². The van der Waals surface area contributed by atoms with Crippen molar-refractivity contribution in [3.63, 3.8) is 0 Å². The lowest BCUT2D eigenvalue weighted by molar-refractivity contribution is -0.143. The summed E-state index contributed by atoms with van der Waals surface area (Å²) in [5.74, 6) is -2.43. The summed E-state index contributed by atoms with van der Waals surface area (Å²) in [4.78, 5) is 57.2. The molecule has 10 N–H and O–H groups in total. The minimum atomic E-state index is -1.15. The molecule has 1 heterocycles. The number of benzene rings is 2. The number of carboxylic acids is 1. The number of fused-ring (bicyclic) bond motifs is 1. The number of carbonyl (C=O) groups excluding carboxylic acids is 3. The van der Waals surface area contributed by atoms with E-state index >= 15 is 0 Å². The Balaban J connectivity index is 1.95. The highest BCUT2D eigenvalue weighted by atomic mass is 16.5. The monoisotopic (exact) mass is 750 g/mol. The Morgan fingerprint density at radius 2 is 1.48 bits per heavy atom. The maximum absolute atomic E-state index is 14.3. The van der Waals surface area contributed by atoms with Crippen LogP contribution in [0.15, 0.2) is 42.5 Å². The summed E-state index contributed by atoms with van der Waals surface area (Å²) >= 11 is 0. The molecular weight excluding hydrogens is 688 g/mol. The molecular formula is C41H62N6O7. The van der Waals surface area contributed by atoms with E-state index in [1.54, 1.807) is 19.1 Å². The van der Waals surface area contributed by atoms with E-state index in [0.717, 1.165) is 61.4 Å². The Morgan fingerprint density at radius 3 is 2.11 bits per heavy atom. The molecule has 0 unspecified atom stereocenters. The van der Waals surface area contributed by atoms with E-state index in [-0.39, 0.29) is 30.4 Å². The number of carbonyl (C=O) groups is 4. The summed E-state index contributed by atoms with van der Waals surface area (Å²) in [5, 5.41) is 28.9. The number of nitrogens with one attached hydrogen (secondary N) is 4. The molecule has 0 spiro atoms. The normalized spacial score (nSPS) is 13.6. The highest BCUT2D eigenvalue weighted by molar-refractivity contribution is 6.03. The SMILES string of the molecule is CC[C@H](C)[C@H](NC(=O)[C@H](Cc1ccc(O)cc1)NC(=O)c1[nH]c2ccc(OCCCCCN)cc2c1CCCCCCN)C(=O)N[C@@H](CC(C)C)C(=O)O. The number of ether oxygens (including phenoxy) is 1. The largest absolute Gasteiger partial charge is 0.508 e. The van der Waals surface area contributed by atoms with Gasteiger partial charge >= 0.3 is 5.97 Å². The van der Waals surface area contributed by atoms with Gasteiger partial charge in [-0.25, -0.2) is 4.79 Å². The number of amides is 3. The molecule has 13 heteroatoms. The Morgan fingerprint density at radius 1 is 0.815 bits per heavy atom. The van der Waals surface area contributed by atoms with Gasteiger partial charge in [-0.15, -0.1) is 0 Å². The van der Waals surface area contributed by atoms with Crippen LogP contribution in [-0.2, 0) is 27.2 Å². The van der Waals surface area contributed by atoms with E-state index < -0.39 is 41.8 Å². The fourth-order valence-electron chi connectivity index (χ4n) is 6.40. The van der Waals surface area contributed by atoms with Crippen LogP contribution in [0.3, 0.4) is 0 Å². The van der Waals surface area contributed by atoms with Gasteiger partial charge in [0.25, 0.3) is 5.91 Å². The molecule has 3 rings (SSSR count). The number of hydrogen-bond acceptors (Lipinski definition) is 8. The molecule has 3 aromatic rings. The van der Waals surface area contributed by atoms with E-state index in [9.17, 15) is 29.4 Å². The van der Waals surface area contributed by atoms with Crippen LogP contribution in [0.4, 0.5) is 0 Å². The number of aliphatic carboxylic acids is 1. The first-order valence-corrected chi connectivity index (χ1v) is 19.5. The Kier molecular flexibility index (Phi) is 18.3. The van der Waals surface area contributed by atoms with Crippen molar-refractivity contribution in [2.24, 2.45) is 23.3 Å². The van der Waals surface area contributed by atoms with Gasteiger partial charge in [0.05, 0.1) is 6.61 Å². The third-order valence-electron chi connectivity index (χ3n) is 9.72. The van der Waals surface area contributed by atoms with Gasteiger partial charge in [-0.05, 0) is 111 Å². The molecule has 2 aromatic carbocycles. The molecule has 0 fully saturated rings. The van der Waals surface area contributed by atoms with Gasteiger partial charge in [0.15, 0.2) is 0 Å². The summed E-state index contributed by atoms with van der Waals surface area (Å²) in [5.41, 5.74) is 13.9. The molecule has 0 aliphatic rings. The number of nitrogens with two attached hydrogens (primary N) is 2. The zero-order valence-electron chi connectivity index (χ0n) is 32.4. The number of phenolic OH excluding ortho intramolecular Hbond substituents is 1. The number of rotatable bonds is 25. The van der Waals surface area contributed by atoms with Crippen molar-refractivity contribution >= 4 is 34.6 Å². The lowest BCUT2D eigenvalue weighted by atomic mass is 9.96. The third kappa shape index (κ3) is 13.7. The number of unbranched alkanes of at least 4 members (excludes halogenated alkanes) is 5. The van der Waals surface area contributed by atoms with Crippen LogP contribution >= 0.6 is 0 Å². The molecule has 13 nitrogen and oxygen atoms in total. The number of H-pyrrole nitrogens is 1. The van der Waals surface area contributed by atoms with Crippen LogP contribution in [0.25, 0.3) is 10.9 Å². The lowest BCUT2D eigenvalue weighted by Crippen LogP contribution is -2.58. The fraction of sp³-hybridized carbons (Fsp3) is 0.561. The standard InChI is InChI=1S/C41H62N6O7/c1-5-27(4)36(39(50)46-35(41(52)53)23-26(2)3)47-38(49)34(24-28-14-16-29(48)17-15-28)45-40(51)37-31(13-9-6-7-10-20-42)32-25-30(18-19-33(32)44-37)54-22-12-8-11-21-43/h14-19,25-27,34-36,44,48H,5-13,20-24,42-43H2,1-4H3,(H,45,51)(H,46,50)(H,47,49)(H,52,53)/t27-,34-,35-,36-/m0/s1. The first kappa shape index (κ1) is 43.8. The van der Waals surface area contributed by atoms with Crippen molar-refractivity contribution in [1.29, 1.82) is 0 Å². The molecule has 54 heavy (non-hydrogen) atoms. The maximum Gasteiger partial charge on any atom is 0.326 e. The summed E-state index contributed by atoms with van der Waals surface area (Å²) in [7, 11) is 0. The molecule has 4 atom stereocenters. The summed E-state index contributed by atoms with van der Waals surface area (Å²) in [6.45, 7) is 9.23. The minimum Gasteiger partial charge on any atom is -0.508 e. The highest BCUT2D eigenvalue weighted by Crippen LogP contribution is 2.29. The fourth-order valence-corrected chi connectivity index (χ4v) is 6.40. The van der Waals surface area contributed by atoms with Crippen molar-refractivity contribution in [2.45, 2.75) is 116 Å². The number of carboxylic acid groups (broad SMARTS) is 1. The van der Waals surface area contributed by atoms with Crippen LogP contribution in [0.1, 0.15) is 107 Å². The van der Waals surface area contributed by atoms with Crippen molar-refractivity contribution in [1.82, 2.24) is 20.9 Å². The second-order valence-corrected chi connectivity index (χ2v) is 14.6. The number of hydrogen-bond donors (Lipinski definition) is 8. The lowest BCUT2D eigenvalue weighted by Gasteiger charge is -2.28. The van der Waals surface area contributed by atoms with Gasteiger partial charge < -0.3 is 47.4 Å². The van der Waals surface area contributed by atoms with Gasteiger partial charge in [0.2, 0.25) is 11.8 Å². The van der Waals surface area contributed by atoms with Crippen LogP contribution < -0.4 is 32.2 Å². The first-order valence-electron chi connectivity index (χ1n) is 19.5. The molecule has 0 bridgehead atoms. The first-order chi connectivity index (χ1) is 25.9. The third-order valence-corrected chi connectivity index (χ3v) is 9.72. The number of phenols is 1. The van der Waals surface area contributed by atoms with E-state index in [1.807, 2.05) is 39.0 Å². The van der Waals surface area contributed by atoms with Crippen molar-refractivity contribution in [2.75, 3.05) is 19.7 Å². The molecule has 0 saturated heterocycles. The molecule has 3 amide bonds. The predicted molar refractivity (Wildman–Crippen MR) is 211 cm³/mol. The van der Waals surface area contributed by atoms with Gasteiger partial charge in [-0.1, -0.05) is 59.1 Å². The van der Waals surface area contributed by atoms with Gasteiger partial charge in [-0.2, -0.15) is 0 Å². The Hall–Kier alpha value is -4.62. The van der Waals surface area contributed by atoms with Crippen molar-refractivity contribution < 1.29 is 34.1 Å². The van der Waals surface area contributed by atoms with Crippen LogP contribution in [0.2, 0.25) is 0 Å². The minimum absolute atomic E-state index is 0.0130. The highest BCUT2D eigenvalue weighted by Gasteiger charge is 2.33. The zero-order valence-corrected chi connectivity index (χ0v) is 32.4. The predicted octanol–water partition coefficient (Wildman–Crippen LogP) is 4.93. The quantitative estimate of drug-likeness (QED) is 0.0549. The molecule has 298 valence electrons. The summed E-state index contributed by atoms with van der Waals surface area (Å²) in [6.07, 6.45) is 7.88. The van der Waals surface area contributed by atoms with E-state index in [4.69, 9.17) is 16.2 Å². The van der Waals surface area contributed by atoms with Gasteiger partial charge in [-0.3, -0.25) is 14.4 Å². The Bertz CT molecular complexity index is 1640. The van der Waals surface area contributed by atoms with Crippen LogP contribution in [0, 0.1) is 11.8 Å². The average molecular weight is 751 g/mol. The Labute approximate surface area is 319 Å². The number of aromatic amines is 1. The smallest absolute Gasteiger partial charge is 0.326 e. The molecule has 1 aromatic heterocycles. The molecule has 0 aliphatic carbocycles. The second-order valence-electron chi connectivity index (χ2n) is 14.6.